The molecule has 0 aliphatic heterocycles. The van der Waals surface area contributed by atoms with E-state index in [1.807, 2.05) is 13.8 Å². The molecule has 0 amide bonds. The van der Waals surface area contributed by atoms with Crippen molar-refractivity contribution in [1.82, 2.24) is 0 Å². The first-order valence-corrected chi connectivity index (χ1v) is 7.10. The van der Waals surface area contributed by atoms with Crippen molar-refractivity contribution in [2.45, 2.75) is 24.8 Å². The van der Waals surface area contributed by atoms with Gasteiger partial charge in [0, 0.05) is 5.69 Å². The number of aliphatic hydroxyl groups is 1. The standard InChI is InChI=1S/C11H19N3O3S/c1-7(2)10(6-15)14-8-3-4-11(9(12)5-8)18(13,16)17/h3-5,7,10,14-15H,6,12H2,1-2H3,(H2,13,16,17)/t10-/m1/s1. The van der Waals surface area contributed by atoms with E-state index in [1.54, 1.807) is 6.07 Å². The van der Waals surface area contributed by atoms with Crippen molar-refractivity contribution in [2.75, 3.05) is 17.7 Å². The van der Waals surface area contributed by atoms with Gasteiger partial charge in [0.1, 0.15) is 4.90 Å². The summed E-state index contributed by atoms with van der Waals surface area (Å²) in [6, 6.07) is 4.29. The maximum atomic E-state index is 11.2. The Morgan fingerprint density at radius 2 is 2.00 bits per heavy atom. The van der Waals surface area contributed by atoms with Gasteiger partial charge in [-0.05, 0) is 24.1 Å². The van der Waals surface area contributed by atoms with Crippen LogP contribution in [-0.4, -0.2) is 26.2 Å². The highest BCUT2D eigenvalue weighted by Gasteiger charge is 2.15. The van der Waals surface area contributed by atoms with Crippen LogP contribution in [0.5, 0.6) is 0 Å². The van der Waals surface area contributed by atoms with Gasteiger partial charge in [-0.25, -0.2) is 13.6 Å². The summed E-state index contributed by atoms with van der Waals surface area (Å²) in [6.07, 6.45) is 0. The first-order chi connectivity index (χ1) is 8.25. The molecule has 1 rings (SSSR count). The Hall–Kier alpha value is -1.31. The smallest absolute Gasteiger partial charge is 0.240 e. The Bertz CT molecular complexity index is 514. The highest BCUT2D eigenvalue weighted by molar-refractivity contribution is 7.89. The molecule has 0 aliphatic rings. The van der Waals surface area contributed by atoms with Gasteiger partial charge in [0.05, 0.1) is 18.3 Å². The Labute approximate surface area is 107 Å². The van der Waals surface area contributed by atoms with E-state index in [-0.39, 0.29) is 29.1 Å². The van der Waals surface area contributed by atoms with E-state index in [0.717, 1.165) is 0 Å². The lowest BCUT2D eigenvalue weighted by molar-refractivity contribution is 0.249. The Kier molecular flexibility index (Phi) is 4.55. The van der Waals surface area contributed by atoms with Crippen molar-refractivity contribution in [3.05, 3.63) is 18.2 Å². The van der Waals surface area contributed by atoms with Crippen LogP contribution in [0.1, 0.15) is 13.8 Å². The quantitative estimate of drug-likeness (QED) is 0.577. The monoisotopic (exact) mass is 273 g/mol. The van der Waals surface area contributed by atoms with Gasteiger partial charge in [-0.15, -0.1) is 0 Å². The number of sulfonamides is 1. The van der Waals surface area contributed by atoms with Crippen LogP contribution in [0, 0.1) is 5.92 Å². The van der Waals surface area contributed by atoms with Crippen molar-refractivity contribution in [3.63, 3.8) is 0 Å². The van der Waals surface area contributed by atoms with Crippen LogP contribution in [0.3, 0.4) is 0 Å². The highest BCUT2D eigenvalue weighted by Crippen LogP contribution is 2.22. The molecule has 18 heavy (non-hydrogen) atoms. The summed E-state index contributed by atoms with van der Waals surface area (Å²) in [5.74, 6) is 0.231. The SMILES string of the molecule is CC(C)[C@@H](CO)Nc1ccc(S(N)(=O)=O)c(N)c1. The van der Waals surface area contributed by atoms with Gasteiger partial charge in [-0.2, -0.15) is 0 Å². The predicted octanol–water partition coefficient (Wildman–Crippen LogP) is 0.345. The first-order valence-electron chi connectivity index (χ1n) is 5.55. The van der Waals surface area contributed by atoms with Crippen LogP contribution in [0.4, 0.5) is 11.4 Å². The Morgan fingerprint density at radius 1 is 1.39 bits per heavy atom. The fourth-order valence-corrected chi connectivity index (χ4v) is 2.18. The zero-order chi connectivity index (χ0) is 13.9. The number of anilines is 2. The fraction of sp³-hybridized carbons (Fsp3) is 0.455. The zero-order valence-electron chi connectivity index (χ0n) is 10.4. The van der Waals surface area contributed by atoms with Crippen molar-refractivity contribution in [3.8, 4) is 0 Å². The third-order valence-corrected chi connectivity index (χ3v) is 3.65. The number of nitrogens with one attached hydrogen (secondary N) is 1. The lowest BCUT2D eigenvalue weighted by Gasteiger charge is -2.21. The summed E-state index contributed by atoms with van der Waals surface area (Å²) in [5.41, 5.74) is 6.37. The number of primary sulfonamides is 1. The van der Waals surface area contributed by atoms with E-state index in [2.05, 4.69) is 5.32 Å². The normalized spacial score (nSPS) is 13.6. The number of aliphatic hydroxyl groups excluding tert-OH is 1. The lowest BCUT2D eigenvalue weighted by atomic mass is 10.1. The van der Waals surface area contributed by atoms with Crippen LogP contribution in [0.2, 0.25) is 0 Å². The number of nitrogens with two attached hydrogens (primary N) is 2. The van der Waals surface area contributed by atoms with Crippen LogP contribution in [-0.2, 0) is 10.0 Å². The average Bonchev–Trinajstić information content (AvgIpc) is 2.23. The predicted molar refractivity (Wildman–Crippen MR) is 71.6 cm³/mol. The van der Waals surface area contributed by atoms with Crippen molar-refractivity contribution in [2.24, 2.45) is 11.1 Å². The number of nitrogen functional groups attached to an aromatic ring is 1. The summed E-state index contributed by atoms with van der Waals surface area (Å²) in [4.78, 5) is -0.0989. The molecule has 0 heterocycles. The number of rotatable bonds is 5. The minimum Gasteiger partial charge on any atom is -0.398 e. The average molecular weight is 273 g/mol. The molecular weight excluding hydrogens is 254 g/mol. The van der Waals surface area contributed by atoms with Gasteiger partial charge in [0.25, 0.3) is 0 Å². The number of hydrogen-bond donors (Lipinski definition) is 4. The summed E-state index contributed by atoms with van der Waals surface area (Å²) < 4.78 is 22.4. The third-order valence-electron chi connectivity index (χ3n) is 2.67. The van der Waals surface area contributed by atoms with E-state index in [9.17, 15) is 13.5 Å². The van der Waals surface area contributed by atoms with Crippen molar-refractivity contribution < 1.29 is 13.5 Å². The van der Waals surface area contributed by atoms with Crippen molar-refractivity contribution in [1.29, 1.82) is 0 Å². The van der Waals surface area contributed by atoms with E-state index < -0.39 is 10.0 Å². The summed E-state index contributed by atoms with van der Waals surface area (Å²) in [7, 11) is -3.80. The summed E-state index contributed by atoms with van der Waals surface area (Å²) >= 11 is 0. The van der Waals surface area contributed by atoms with Gasteiger partial charge < -0.3 is 16.2 Å². The topological polar surface area (TPSA) is 118 Å². The van der Waals surface area contributed by atoms with Crippen LogP contribution < -0.4 is 16.2 Å². The largest absolute Gasteiger partial charge is 0.398 e. The molecule has 102 valence electrons. The molecule has 0 saturated carbocycles. The molecule has 0 spiro atoms. The van der Waals surface area contributed by atoms with Gasteiger partial charge in [0.15, 0.2) is 0 Å². The summed E-state index contributed by atoms with van der Waals surface area (Å²) in [6.45, 7) is 3.92. The molecule has 1 atom stereocenters. The van der Waals surface area contributed by atoms with Gasteiger partial charge in [-0.1, -0.05) is 13.8 Å². The number of hydrogen-bond acceptors (Lipinski definition) is 5. The molecule has 0 fully saturated rings. The molecule has 0 bridgehead atoms. The highest BCUT2D eigenvalue weighted by atomic mass is 32.2. The molecule has 0 unspecified atom stereocenters. The van der Waals surface area contributed by atoms with E-state index in [0.29, 0.717) is 5.69 Å². The maximum Gasteiger partial charge on any atom is 0.240 e. The van der Waals surface area contributed by atoms with Gasteiger partial charge >= 0.3 is 0 Å². The minimum absolute atomic E-state index is 0.0193. The second-order valence-electron chi connectivity index (χ2n) is 4.48. The molecule has 0 aromatic heterocycles. The van der Waals surface area contributed by atoms with Crippen molar-refractivity contribution >= 4 is 21.4 Å². The molecule has 0 saturated heterocycles. The lowest BCUT2D eigenvalue weighted by Crippen LogP contribution is -2.29. The van der Waals surface area contributed by atoms with E-state index in [1.165, 1.54) is 12.1 Å². The molecule has 1 aromatic carbocycles. The van der Waals surface area contributed by atoms with Crippen LogP contribution >= 0.6 is 0 Å². The Morgan fingerprint density at radius 3 is 2.39 bits per heavy atom. The van der Waals surface area contributed by atoms with E-state index in [4.69, 9.17) is 10.9 Å². The van der Waals surface area contributed by atoms with Crippen LogP contribution in [0.25, 0.3) is 0 Å². The molecule has 0 aliphatic carbocycles. The molecule has 1 aromatic rings. The second kappa shape index (κ2) is 5.55. The third kappa shape index (κ3) is 3.59. The molecule has 6 N–H and O–H groups in total. The van der Waals surface area contributed by atoms with Crippen LogP contribution in [0.15, 0.2) is 23.1 Å². The van der Waals surface area contributed by atoms with E-state index >= 15 is 0 Å². The fourth-order valence-electron chi connectivity index (χ4n) is 1.53. The maximum absolute atomic E-state index is 11.2. The zero-order valence-corrected chi connectivity index (χ0v) is 11.2. The van der Waals surface area contributed by atoms with Gasteiger partial charge in [0.2, 0.25) is 10.0 Å². The molecular formula is C11H19N3O3S. The first kappa shape index (κ1) is 14.7. The minimum atomic E-state index is -3.80. The molecule has 7 heteroatoms. The molecule has 6 nitrogen and oxygen atoms in total. The van der Waals surface area contributed by atoms with Gasteiger partial charge in [-0.3, -0.25) is 0 Å². The Balaban J connectivity index is 2.98. The molecule has 0 radical (unpaired) electrons. The summed E-state index contributed by atoms with van der Waals surface area (Å²) in [5, 5.41) is 17.3. The number of benzene rings is 1. The second-order valence-corrected chi connectivity index (χ2v) is 6.00.